The van der Waals surface area contributed by atoms with Crippen LogP contribution >= 0.6 is 11.3 Å². The van der Waals surface area contributed by atoms with Crippen molar-refractivity contribution in [2.75, 3.05) is 0 Å². The van der Waals surface area contributed by atoms with Crippen molar-refractivity contribution in [2.24, 2.45) is 11.3 Å². The molecule has 0 amide bonds. The molecule has 3 heterocycles. The Kier molecular flexibility index (Phi) is 10.6. The molecule has 0 bridgehead atoms. The number of halogens is 1. The molecule has 0 fully saturated rings. The van der Waals surface area contributed by atoms with Gasteiger partial charge < -0.3 is 9.97 Å². The fourth-order valence-corrected chi connectivity index (χ4v) is 8.25. The number of rotatable bonds is 6. The predicted octanol–water partition coefficient (Wildman–Crippen LogP) is 10.9. The first-order valence-electron chi connectivity index (χ1n) is 16.5. The molecule has 46 heavy (non-hydrogen) atoms. The molecule has 3 aromatic heterocycles. The van der Waals surface area contributed by atoms with Crippen molar-refractivity contribution in [1.82, 2.24) is 9.97 Å². The first kappa shape index (κ1) is 32.9. The summed E-state index contributed by atoms with van der Waals surface area (Å²) in [6.45, 7) is 17.3. The molecule has 0 unspecified atom stereocenters. The summed E-state index contributed by atoms with van der Waals surface area (Å²) in [5.74, 6) is 0.340. The van der Waals surface area contributed by atoms with E-state index in [4.69, 9.17) is 2.74 Å². The van der Waals surface area contributed by atoms with Crippen LogP contribution in [0.1, 0.15) is 48.5 Å². The Morgan fingerprint density at radius 3 is 2.37 bits per heavy atom. The SMILES string of the molecule is CC(C)Cc1cc(-c2[c-]cc(F)cc2)ncc1[Si](C)(C)C.[2H]C([2H])(c1ccnc(-c2[c-]ccc3c2sc2ccccc23)c1)C(C)(C)C.[Ir]. The van der Waals surface area contributed by atoms with Gasteiger partial charge in [-0.2, -0.15) is 11.3 Å². The molecule has 1 radical (unpaired) electrons. The maximum atomic E-state index is 13.0. The molecule has 0 spiro atoms. The van der Waals surface area contributed by atoms with Crippen molar-refractivity contribution in [2.45, 2.75) is 67.1 Å². The van der Waals surface area contributed by atoms with Gasteiger partial charge in [-0.15, -0.1) is 53.6 Å². The van der Waals surface area contributed by atoms with E-state index >= 15 is 0 Å². The third-order valence-corrected chi connectivity index (χ3v) is 10.6. The summed E-state index contributed by atoms with van der Waals surface area (Å²) in [4.78, 5) is 9.13. The van der Waals surface area contributed by atoms with Gasteiger partial charge in [0.2, 0.25) is 0 Å². The molecule has 0 saturated carbocycles. The van der Waals surface area contributed by atoms with Gasteiger partial charge in [0.1, 0.15) is 0 Å². The zero-order valence-electron chi connectivity index (χ0n) is 29.9. The Bertz CT molecular complexity index is 2010. The fourth-order valence-electron chi connectivity index (χ4n) is 5.45. The Morgan fingerprint density at radius 1 is 0.935 bits per heavy atom. The van der Waals surface area contributed by atoms with Crippen LogP contribution in [0.4, 0.5) is 4.39 Å². The van der Waals surface area contributed by atoms with E-state index in [1.807, 2.05) is 39.1 Å². The van der Waals surface area contributed by atoms with Gasteiger partial charge in [0, 0.05) is 45.8 Å². The number of fused-ring (bicyclic) bond motifs is 3. The Balaban J connectivity index is 0.000000218. The van der Waals surface area contributed by atoms with Crippen molar-refractivity contribution in [1.29, 1.82) is 0 Å². The summed E-state index contributed by atoms with van der Waals surface area (Å²) in [6.07, 6.45) is 3.33. The third kappa shape index (κ3) is 8.86. The molecule has 3 aromatic carbocycles. The molecule has 6 rings (SSSR count). The molecule has 0 atom stereocenters. The first-order chi connectivity index (χ1) is 22.1. The zero-order chi connectivity index (χ0) is 34.1. The number of hydrogen-bond acceptors (Lipinski definition) is 3. The molecule has 0 aliphatic carbocycles. The van der Waals surface area contributed by atoms with Crippen LogP contribution in [0.3, 0.4) is 0 Å². The number of benzene rings is 3. The van der Waals surface area contributed by atoms with Crippen molar-refractivity contribution in [3.8, 4) is 22.5 Å². The van der Waals surface area contributed by atoms with E-state index in [1.54, 1.807) is 29.7 Å². The van der Waals surface area contributed by atoms with Crippen LogP contribution in [0.5, 0.6) is 0 Å². The fraction of sp³-hybridized carbons (Fsp3) is 0.300. The van der Waals surface area contributed by atoms with Gasteiger partial charge in [0.15, 0.2) is 0 Å². The second-order valence-electron chi connectivity index (χ2n) is 14.0. The molecule has 0 N–H and O–H groups in total. The topological polar surface area (TPSA) is 25.8 Å². The maximum Gasteiger partial charge on any atom is 0.0798 e. The Hall–Kier alpha value is -3.02. The van der Waals surface area contributed by atoms with Gasteiger partial charge in [-0.25, -0.2) is 0 Å². The van der Waals surface area contributed by atoms with Crippen molar-refractivity contribution < 1.29 is 27.2 Å². The van der Waals surface area contributed by atoms with E-state index in [-0.39, 0.29) is 25.9 Å². The molecular formula is C40H43FIrN2SSi-2. The number of pyridine rings is 2. The minimum atomic E-state index is -1.45. The molecule has 6 aromatic rings. The van der Waals surface area contributed by atoms with Crippen LogP contribution in [0.25, 0.3) is 42.7 Å². The van der Waals surface area contributed by atoms with Gasteiger partial charge in [-0.1, -0.05) is 101 Å². The Morgan fingerprint density at radius 2 is 1.70 bits per heavy atom. The summed E-state index contributed by atoms with van der Waals surface area (Å²) in [6, 6.07) is 29.1. The number of thiophene rings is 1. The van der Waals surface area contributed by atoms with E-state index in [0.717, 1.165) is 33.6 Å². The van der Waals surface area contributed by atoms with E-state index in [1.165, 1.54) is 38.4 Å². The van der Waals surface area contributed by atoms with Crippen LogP contribution in [0.2, 0.25) is 19.6 Å². The quantitative estimate of drug-likeness (QED) is 0.124. The molecule has 0 aliphatic rings. The van der Waals surface area contributed by atoms with E-state index < -0.39 is 19.9 Å². The monoisotopic (exact) mass is 825 g/mol. The maximum absolute atomic E-state index is 13.0. The third-order valence-electron chi connectivity index (χ3n) is 7.35. The molecule has 0 aliphatic heterocycles. The summed E-state index contributed by atoms with van der Waals surface area (Å²) in [5.41, 5.74) is 4.98. The number of nitrogens with zero attached hydrogens (tertiary/aromatic N) is 2. The normalized spacial score (nSPS) is 12.7. The minimum absolute atomic E-state index is 0. The molecule has 6 heteroatoms. The van der Waals surface area contributed by atoms with Crippen molar-refractivity contribution >= 4 is 44.8 Å². The van der Waals surface area contributed by atoms with Crippen LogP contribution in [-0.4, -0.2) is 18.0 Å². The summed E-state index contributed by atoms with van der Waals surface area (Å²) in [7, 11) is -1.41. The molecule has 2 nitrogen and oxygen atoms in total. The van der Waals surface area contributed by atoms with Crippen molar-refractivity contribution in [3.63, 3.8) is 0 Å². The number of hydrogen-bond donors (Lipinski definition) is 0. The predicted molar refractivity (Wildman–Crippen MR) is 195 cm³/mol. The van der Waals surface area contributed by atoms with Gasteiger partial charge in [0.25, 0.3) is 0 Å². The van der Waals surface area contributed by atoms with Crippen LogP contribution < -0.4 is 5.19 Å². The largest absolute Gasteiger partial charge is 0.305 e. The smallest absolute Gasteiger partial charge is 0.0798 e. The van der Waals surface area contributed by atoms with Gasteiger partial charge in [-0.3, -0.25) is 4.39 Å². The van der Waals surface area contributed by atoms with Crippen LogP contribution in [0.15, 0.2) is 85.2 Å². The summed E-state index contributed by atoms with van der Waals surface area (Å²) < 4.78 is 32.5. The van der Waals surface area contributed by atoms with Crippen LogP contribution in [0, 0.1) is 29.3 Å². The van der Waals surface area contributed by atoms with Gasteiger partial charge in [0.05, 0.1) is 8.07 Å². The van der Waals surface area contributed by atoms with Gasteiger partial charge >= 0.3 is 0 Å². The first-order valence-corrected chi connectivity index (χ1v) is 19.8. The molecular weight excluding hydrogens is 780 g/mol. The number of aromatic nitrogens is 2. The van der Waals surface area contributed by atoms with Crippen LogP contribution in [-0.2, 0) is 32.9 Å². The van der Waals surface area contributed by atoms with Crippen molar-refractivity contribution in [3.05, 3.63) is 114 Å². The summed E-state index contributed by atoms with van der Waals surface area (Å²) >= 11 is 1.74. The standard InChI is InChI=1S/C22H20NS.C18H23FNSi.Ir/c1-22(2,3)14-15-11-12-23-19(13-15)18-9-6-8-17-16-7-4-5-10-20(16)24-21(17)18;1-13(2)10-15-11-17(14-6-8-16(19)9-7-14)20-12-18(15)21(3,4)5;/h4-8,10-13H,14H2,1-3H3;6,8-9,11-13H,10H2,1-5H3;/q2*-1;/i14D2;;. The second kappa shape index (κ2) is 14.8. The van der Waals surface area contributed by atoms with E-state index in [0.29, 0.717) is 11.5 Å². The average molecular weight is 825 g/mol. The van der Waals surface area contributed by atoms with Gasteiger partial charge in [-0.05, 0) is 62.9 Å². The average Bonchev–Trinajstić information content (AvgIpc) is 3.39. The van der Waals surface area contributed by atoms with E-state index in [9.17, 15) is 4.39 Å². The Labute approximate surface area is 295 Å². The summed E-state index contributed by atoms with van der Waals surface area (Å²) in [5, 5.41) is 3.86. The zero-order valence-corrected chi connectivity index (χ0v) is 32.1. The molecule has 241 valence electrons. The second-order valence-corrected chi connectivity index (χ2v) is 20.1. The minimum Gasteiger partial charge on any atom is -0.305 e. The van der Waals surface area contributed by atoms with E-state index in [2.05, 4.69) is 92.0 Å². The molecule has 0 saturated heterocycles.